The highest BCUT2D eigenvalue weighted by molar-refractivity contribution is 7.90. The van der Waals surface area contributed by atoms with Crippen LogP contribution in [0, 0.1) is 0 Å². The van der Waals surface area contributed by atoms with Crippen LogP contribution < -0.4 is 4.74 Å². The maximum Gasteiger partial charge on any atom is 0.175 e. The molecule has 3 nitrogen and oxygen atoms in total. The standard InChI is InChI=1S/C22H15Cl3O3S/c1-29(26,27)15-8-6-13(7-9-15)22-16(12-14-4-2-3-5-19(14)28-22)20-17(23)10-11-18(24)21(20)25/h2-11H,12H2,1H3. The van der Waals surface area contributed by atoms with E-state index in [1.807, 2.05) is 24.3 Å². The zero-order valence-corrected chi connectivity index (χ0v) is 18.3. The number of benzene rings is 3. The molecule has 0 saturated heterocycles. The molecule has 0 atom stereocenters. The lowest BCUT2D eigenvalue weighted by molar-refractivity contribution is 0.502. The highest BCUT2D eigenvalue weighted by Crippen LogP contribution is 2.45. The molecule has 0 aliphatic carbocycles. The van der Waals surface area contributed by atoms with Crippen molar-refractivity contribution >= 4 is 56.0 Å². The maximum absolute atomic E-state index is 11.8. The third-order valence-corrected chi connectivity index (χ3v) is 6.96. The van der Waals surface area contributed by atoms with E-state index in [4.69, 9.17) is 39.5 Å². The van der Waals surface area contributed by atoms with Gasteiger partial charge in [0.25, 0.3) is 0 Å². The first-order valence-electron chi connectivity index (χ1n) is 8.69. The average molecular weight is 466 g/mol. The number of hydrogen-bond acceptors (Lipinski definition) is 3. The SMILES string of the molecule is CS(=O)(=O)c1ccc(C2=C(c3c(Cl)ccc(Cl)c3Cl)Cc3ccccc3O2)cc1. The van der Waals surface area contributed by atoms with Crippen LogP contribution in [0.1, 0.15) is 16.7 Å². The molecular formula is C22H15Cl3O3S. The third-order valence-electron chi connectivity index (χ3n) is 4.72. The number of rotatable bonds is 3. The highest BCUT2D eigenvalue weighted by atomic mass is 35.5. The molecule has 0 fully saturated rings. The number of ether oxygens (including phenoxy) is 1. The van der Waals surface area contributed by atoms with Crippen LogP contribution in [-0.4, -0.2) is 14.7 Å². The van der Waals surface area contributed by atoms with Gasteiger partial charge >= 0.3 is 0 Å². The smallest absolute Gasteiger partial charge is 0.175 e. The molecule has 3 aromatic carbocycles. The number of fused-ring (bicyclic) bond motifs is 1. The van der Waals surface area contributed by atoms with Gasteiger partial charge in [-0.15, -0.1) is 0 Å². The fourth-order valence-corrected chi connectivity index (χ4v) is 4.67. The monoisotopic (exact) mass is 464 g/mol. The molecule has 0 aromatic heterocycles. The van der Waals surface area contributed by atoms with Crippen molar-refractivity contribution in [2.24, 2.45) is 0 Å². The van der Waals surface area contributed by atoms with E-state index in [0.29, 0.717) is 38.4 Å². The van der Waals surface area contributed by atoms with E-state index in [-0.39, 0.29) is 4.90 Å². The number of halogens is 3. The van der Waals surface area contributed by atoms with Crippen molar-refractivity contribution in [3.8, 4) is 5.75 Å². The van der Waals surface area contributed by atoms with Gasteiger partial charge in [0.15, 0.2) is 9.84 Å². The average Bonchev–Trinajstić information content (AvgIpc) is 2.70. The molecule has 1 heterocycles. The van der Waals surface area contributed by atoms with Gasteiger partial charge < -0.3 is 4.74 Å². The zero-order chi connectivity index (χ0) is 20.8. The first kappa shape index (κ1) is 20.3. The molecule has 0 saturated carbocycles. The van der Waals surface area contributed by atoms with Crippen molar-refractivity contribution < 1.29 is 13.2 Å². The van der Waals surface area contributed by atoms with E-state index in [1.54, 1.807) is 36.4 Å². The van der Waals surface area contributed by atoms with E-state index in [1.165, 1.54) is 6.26 Å². The second kappa shape index (κ2) is 7.69. The molecule has 0 unspecified atom stereocenters. The van der Waals surface area contributed by atoms with Gasteiger partial charge in [-0.25, -0.2) is 8.42 Å². The Kier molecular flexibility index (Phi) is 5.38. The first-order valence-corrected chi connectivity index (χ1v) is 11.7. The fraction of sp³-hybridized carbons (Fsp3) is 0.0909. The molecule has 7 heteroatoms. The lowest BCUT2D eigenvalue weighted by Gasteiger charge is -2.25. The van der Waals surface area contributed by atoms with Crippen LogP contribution in [0.5, 0.6) is 5.75 Å². The van der Waals surface area contributed by atoms with E-state index in [9.17, 15) is 8.42 Å². The Labute approximate surface area is 184 Å². The van der Waals surface area contributed by atoms with Crippen molar-refractivity contribution in [1.29, 1.82) is 0 Å². The van der Waals surface area contributed by atoms with Crippen LogP contribution >= 0.6 is 34.8 Å². The Morgan fingerprint density at radius 1 is 0.862 bits per heavy atom. The van der Waals surface area contributed by atoms with Gasteiger partial charge in [-0.05, 0) is 48.0 Å². The largest absolute Gasteiger partial charge is 0.456 e. The molecule has 29 heavy (non-hydrogen) atoms. The fourth-order valence-electron chi connectivity index (χ4n) is 3.28. The van der Waals surface area contributed by atoms with Gasteiger partial charge in [0.1, 0.15) is 11.5 Å². The number of para-hydroxylation sites is 1. The van der Waals surface area contributed by atoms with E-state index < -0.39 is 9.84 Å². The molecule has 1 aliphatic heterocycles. The molecule has 0 amide bonds. The van der Waals surface area contributed by atoms with Gasteiger partial charge in [-0.1, -0.05) is 53.0 Å². The quantitative estimate of drug-likeness (QED) is 0.412. The molecule has 0 radical (unpaired) electrons. The highest BCUT2D eigenvalue weighted by Gasteiger charge is 2.26. The summed E-state index contributed by atoms with van der Waals surface area (Å²) < 4.78 is 29.8. The van der Waals surface area contributed by atoms with E-state index in [2.05, 4.69) is 0 Å². The molecule has 0 spiro atoms. The van der Waals surface area contributed by atoms with Gasteiger partial charge in [0.05, 0.1) is 14.9 Å². The summed E-state index contributed by atoms with van der Waals surface area (Å²) in [4.78, 5) is 0.235. The van der Waals surface area contributed by atoms with Crippen molar-refractivity contribution in [3.05, 3.63) is 92.4 Å². The Morgan fingerprint density at radius 3 is 2.21 bits per heavy atom. The predicted molar refractivity (Wildman–Crippen MR) is 119 cm³/mol. The molecule has 148 valence electrons. The summed E-state index contributed by atoms with van der Waals surface area (Å²) in [5, 5.41) is 1.20. The number of sulfone groups is 1. The third kappa shape index (κ3) is 3.90. The van der Waals surface area contributed by atoms with Gasteiger partial charge in [0, 0.05) is 34.4 Å². The normalized spacial score (nSPS) is 13.8. The molecule has 1 aliphatic rings. The van der Waals surface area contributed by atoms with Gasteiger partial charge in [-0.3, -0.25) is 0 Å². The summed E-state index contributed by atoms with van der Waals surface area (Å²) in [6, 6.07) is 17.6. The Balaban J connectivity index is 1.94. The Hall–Kier alpha value is -1.98. The molecule has 0 bridgehead atoms. The van der Waals surface area contributed by atoms with Crippen LogP contribution in [0.3, 0.4) is 0 Å². The molecule has 0 N–H and O–H groups in total. The van der Waals surface area contributed by atoms with Gasteiger partial charge in [-0.2, -0.15) is 0 Å². The minimum absolute atomic E-state index is 0.235. The van der Waals surface area contributed by atoms with Crippen LogP contribution in [0.25, 0.3) is 11.3 Å². The van der Waals surface area contributed by atoms with Gasteiger partial charge in [0.2, 0.25) is 0 Å². The maximum atomic E-state index is 11.8. The number of hydrogen-bond donors (Lipinski definition) is 0. The lowest BCUT2D eigenvalue weighted by Crippen LogP contribution is -2.10. The molecular weight excluding hydrogens is 451 g/mol. The predicted octanol–water partition coefficient (Wildman–Crippen LogP) is 6.55. The minimum Gasteiger partial charge on any atom is -0.456 e. The Morgan fingerprint density at radius 2 is 1.52 bits per heavy atom. The summed E-state index contributed by atoms with van der Waals surface area (Å²) >= 11 is 19.2. The van der Waals surface area contributed by atoms with E-state index in [0.717, 1.165) is 16.9 Å². The summed E-state index contributed by atoms with van der Waals surface area (Å²) in [7, 11) is -3.30. The Bertz CT molecular complexity index is 1250. The van der Waals surface area contributed by atoms with Crippen LogP contribution in [0.4, 0.5) is 0 Å². The van der Waals surface area contributed by atoms with Crippen molar-refractivity contribution in [2.45, 2.75) is 11.3 Å². The van der Waals surface area contributed by atoms with Crippen molar-refractivity contribution in [1.82, 2.24) is 0 Å². The summed E-state index contributed by atoms with van der Waals surface area (Å²) in [5.74, 6) is 1.29. The minimum atomic E-state index is -3.30. The van der Waals surface area contributed by atoms with E-state index >= 15 is 0 Å². The second-order valence-corrected chi connectivity index (χ2v) is 9.92. The summed E-state index contributed by atoms with van der Waals surface area (Å²) in [5.41, 5.74) is 3.10. The zero-order valence-electron chi connectivity index (χ0n) is 15.2. The van der Waals surface area contributed by atoms with Crippen LogP contribution in [0.15, 0.2) is 65.6 Å². The van der Waals surface area contributed by atoms with Crippen molar-refractivity contribution in [3.63, 3.8) is 0 Å². The topological polar surface area (TPSA) is 43.4 Å². The van der Waals surface area contributed by atoms with Crippen LogP contribution in [-0.2, 0) is 16.3 Å². The van der Waals surface area contributed by atoms with Crippen molar-refractivity contribution in [2.75, 3.05) is 6.26 Å². The first-order chi connectivity index (χ1) is 13.8. The second-order valence-electron chi connectivity index (χ2n) is 6.71. The number of allylic oxidation sites excluding steroid dienone is 1. The summed E-state index contributed by atoms with van der Waals surface area (Å²) in [6.45, 7) is 0. The summed E-state index contributed by atoms with van der Waals surface area (Å²) in [6.07, 6.45) is 1.71. The molecule has 3 aromatic rings. The lowest BCUT2D eigenvalue weighted by atomic mass is 9.92. The van der Waals surface area contributed by atoms with Crippen LogP contribution in [0.2, 0.25) is 15.1 Å². The molecule has 4 rings (SSSR count).